The van der Waals surface area contributed by atoms with Crippen molar-refractivity contribution in [3.8, 4) is 0 Å². The number of nitro benzene ring substituents is 1. The lowest BCUT2D eigenvalue weighted by molar-refractivity contribution is -0.384. The van der Waals surface area contributed by atoms with Crippen molar-refractivity contribution in [1.82, 2.24) is 10.2 Å². The summed E-state index contributed by atoms with van der Waals surface area (Å²) in [6.07, 6.45) is 2.91. The number of non-ortho nitro benzene ring substituents is 1. The molecule has 0 aliphatic carbocycles. The molecule has 1 heterocycles. The van der Waals surface area contributed by atoms with Crippen molar-refractivity contribution in [2.45, 2.75) is 13.0 Å². The van der Waals surface area contributed by atoms with Gasteiger partial charge in [-0.15, -0.1) is 0 Å². The van der Waals surface area contributed by atoms with Crippen LogP contribution in [0.4, 0.5) is 10.5 Å². The zero-order valence-electron chi connectivity index (χ0n) is 15.5. The number of carbonyl (C=O) groups excluding carboxylic acids is 2. The summed E-state index contributed by atoms with van der Waals surface area (Å²) in [5.41, 5.74) is 2.32. The van der Waals surface area contributed by atoms with E-state index in [1.807, 2.05) is 30.3 Å². The highest BCUT2D eigenvalue weighted by molar-refractivity contribution is 6.09. The summed E-state index contributed by atoms with van der Waals surface area (Å²) >= 11 is 0. The van der Waals surface area contributed by atoms with Gasteiger partial charge in [0.1, 0.15) is 0 Å². The first kappa shape index (κ1) is 19.0. The van der Waals surface area contributed by atoms with E-state index < -0.39 is 11.0 Å². The van der Waals surface area contributed by atoms with Crippen LogP contribution in [-0.2, 0) is 4.79 Å². The Bertz CT molecular complexity index is 996. The quantitative estimate of drug-likeness (QED) is 0.487. The highest BCUT2D eigenvalue weighted by Gasteiger charge is 2.32. The summed E-state index contributed by atoms with van der Waals surface area (Å²) in [5, 5.41) is 13.8. The molecular formula is C21H19N3O4. The number of urea groups is 1. The van der Waals surface area contributed by atoms with Crippen LogP contribution in [0.2, 0.25) is 0 Å². The second-order valence-electron chi connectivity index (χ2n) is 6.40. The summed E-state index contributed by atoms with van der Waals surface area (Å²) in [6.45, 7) is 1.73. The number of nitrogens with zero attached hydrogens (tertiary/aromatic N) is 2. The van der Waals surface area contributed by atoms with Gasteiger partial charge in [-0.1, -0.05) is 48.5 Å². The first-order valence-electron chi connectivity index (χ1n) is 8.65. The molecule has 28 heavy (non-hydrogen) atoms. The van der Waals surface area contributed by atoms with E-state index in [-0.39, 0.29) is 17.5 Å². The molecule has 2 aromatic carbocycles. The smallest absolute Gasteiger partial charge is 0.322 e. The number of nitro groups is 1. The number of allylic oxidation sites excluding steroid dienone is 2. The minimum Gasteiger partial charge on any atom is -0.327 e. The number of nitrogens with one attached hydrogen (secondary N) is 1. The average molecular weight is 377 g/mol. The maximum absolute atomic E-state index is 13.0. The number of amides is 2. The number of hydrogen-bond acceptors (Lipinski definition) is 4. The molecule has 0 bridgehead atoms. The molecule has 1 N–H and O–H groups in total. The van der Waals surface area contributed by atoms with Gasteiger partial charge in [-0.2, -0.15) is 0 Å². The molecule has 3 rings (SSSR count). The number of benzene rings is 2. The Morgan fingerprint density at radius 3 is 2.57 bits per heavy atom. The molecule has 1 aliphatic heterocycles. The highest BCUT2D eigenvalue weighted by atomic mass is 16.6. The van der Waals surface area contributed by atoms with Crippen LogP contribution in [0.25, 0.3) is 6.08 Å². The fraction of sp³-hybridized carbons (Fsp3) is 0.143. The van der Waals surface area contributed by atoms with Gasteiger partial charge >= 0.3 is 6.03 Å². The Morgan fingerprint density at radius 1 is 1.18 bits per heavy atom. The Hall–Kier alpha value is -3.74. The molecule has 0 saturated heterocycles. The molecule has 142 valence electrons. The summed E-state index contributed by atoms with van der Waals surface area (Å²) in [7, 11) is 1.60. The molecule has 1 unspecified atom stereocenters. The van der Waals surface area contributed by atoms with E-state index in [2.05, 4.69) is 5.32 Å². The molecule has 0 aromatic heterocycles. The van der Waals surface area contributed by atoms with Crippen LogP contribution in [0.3, 0.4) is 0 Å². The van der Waals surface area contributed by atoms with E-state index in [0.29, 0.717) is 16.8 Å². The molecule has 2 aromatic rings. The Labute approximate surface area is 162 Å². The SMILES string of the molecule is CC1=C(C(=O)/C=C/c2cccc([N+](=O)[O-])c2)C(c2ccccc2)NC(=O)N1C. The van der Waals surface area contributed by atoms with Crippen LogP contribution < -0.4 is 5.32 Å². The highest BCUT2D eigenvalue weighted by Crippen LogP contribution is 2.30. The number of hydrogen-bond donors (Lipinski definition) is 1. The molecule has 0 radical (unpaired) electrons. The molecule has 7 heteroatoms. The lowest BCUT2D eigenvalue weighted by Gasteiger charge is -2.33. The van der Waals surface area contributed by atoms with Gasteiger partial charge in [-0.05, 0) is 24.1 Å². The van der Waals surface area contributed by atoms with Crippen LogP contribution in [0.1, 0.15) is 24.1 Å². The minimum absolute atomic E-state index is 0.0446. The first-order chi connectivity index (χ1) is 13.4. The predicted molar refractivity (Wildman–Crippen MR) is 105 cm³/mol. The van der Waals surface area contributed by atoms with Gasteiger partial charge in [0.15, 0.2) is 5.78 Å². The lowest BCUT2D eigenvalue weighted by Crippen LogP contribution is -2.45. The van der Waals surface area contributed by atoms with Crippen LogP contribution in [0, 0.1) is 10.1 Å². The van der Waals surface area contributed by atoms with Crippen molar-refractivity contribution < 1.29 is 14.5 Å². The summed E-state index contributed by atoms with van der Waals surface area (Å²) in [5.74, 6) is -0.273. The van der Waals surface area contributed by atoms with E-state index in [0.717, 1.165) is 5.56 Å². The van der Waals surface area contributed by atoms with Gasteiger partial charge in [0.2, 0.25) is 0 Å². The van der Waals surface area contributed by atoms with Crippen molar-refractivity contribution in [2.75, 3.05) is 7.05 Å². The largest absolute Gasteiger partial charge is 0.327 e. The standard InChI is InChI=1S/C21H19N3O4/c1-14-19(18(25)12-11-15-7-6-10-17(13-15)24(27)28)20(22-21(26)23(14)2)16-8-4-3-5-9-16/h3-13,20H,1-2H3,(H,22,26)/b12-11+. The Balaban J connectivity index is 1.96. The van der Waals surface area contributed by atoms with Gasteiger partial charge < -0.3 is 10.2 Å². The number of rotatable bonds is 5. The van der Waals surface area contributed by atoms with Crippen LogP contribution >= 0.6 is 0 Å². The van der Waals surface area contributed by atoms with Crippen molar-refractivity contribution in [3.05, 3.63) is 93.2 Å². The number of carbonyl (C=O) groups is 2. The first-order valence-corrected chi connectivity index (χ1v) is 8.65. The van der Waals surface area contributed by atoms with E-state index in [4.69, 9.17) is 0 Å². The van der Waals surface area contributed by atoms with Gasteiger partial charge in [-0.25, -0.2) is 4.79 Å². The van der Waals surface area contributed by atoms with E-state index in [9.17, 15) is 19.7 Å². The lowest BCUT2D eigenvalue weighted by atomic mass is 9.91. The summed E-state index contributed by atoms with van der Waals surface area (Å²) in [6, 6.07) is 14.4. The second kappa shape index (κ2) is 7.87. The average Bonchev–Trinajstić information content (AvgIpc) is 2.70. The Morgan fingerprint density at radius 2 is 1.89 bits per heavy atom. The van der Waals surface area contributed by atoms with Crippen molar-refractivity contribution in [1.29, 1.82) is 0 Å². The Kier molecular flexibility index (Phi) is 5.35. The second-order valence-corrected chi connectivity index (χ2v) is 6.40. The van der Waals surface area contributed by atoms with Crippen molar-refractivity contribution >= 4 is 23.6 Å². The minimum atomic E-state index is -0.563. The fourth-order valence-electron chi connectivity index (χ4n) is 3.05. The van der Waals surface area contributed by atoms with Gasteiger partial charge in [0.25, 0.3) is 5.69 Å². The topological polar surface area (TPSA) is 92.5 Å². The maximum Gasteiger partial charge on any atom is 0.322 e. The molecule has 0 fully saturated rings. The van der Waals surface area contributed by atoms with E-state index in [1.165, 1.54) is 29.2 Å². The van der Waals surface area contributed by atoms with Crippen molar-refractivity contribution in [2.24, 2.45) is 0 Å². The summed E-state index contributed by atoms with van der Waals surface area (Å²) < 4.78 is 0. The van der Waals surface area contributed by atoms with Crippen LogP contribution in [0.5, 0.6) is 0 Å². The van der Waals surface area contributed by atoms with Crippen LogP contribution in [-0.4, -0.2) is 28.7 Å². The van der Waals surface area contributed by atoms with E-state index >= 15 is 0 Å². The third-order valence-electron chi connectivity index (χ3n) is 4.66. The normalized spacial score (nSPS) is 17.0. The van der Waals surface area contributed by atoms with Gasteiger partial charge in [-0.3, -0.25) is 14.9 Å². The molecule has 1 atom stereocenters. The molecule has 2 amide bonds. The maximum atomic E-state index is 13.0. The monoisotopic (exact) mass is 377 g/mol. The molecule has 0 saturated carbocycles. The van der Waals surface area contributed by atoms with Gasteiger partial charge in [0, 0.05) is 30.5 Å². The van der Waals surface area contributed by atoms with Crippen molar-refractivity contribution in [3.63, 3.8) is 0 Å². The van der Waals surface area contributed by atoms with E-state index in [1.54, 1.807) is 26.1 Å². The molecule has 7 nitrogen and oxygen atoms in total. The zero-order valence-corrected chi connectivity index (χ0v) is 15.5. The summed E-state index contributed by atoms with van der Waals surface area (Å²) in [4.78, 5) is 37.0. The third kappa shape index (κ3) is 3.83. The number of ketones is 1. The third-order valence-corrected chi connectivity index (χ3v) is 4.66. The van der Waals surface area contributed by atoms with Gasteiger partial charge in [0.05, 0.1) is 11.0 Å². The predicted octanol–water partition coefficient (Wildman–Crippen LogP) is 3.85. The molecule has 1 aliphatic rings. The van der Waals surface area contributed by atoms with Crippen LogP contribution in [0.15, 0.2) is 71.9 Å². The molecular weight excluding hydrogens is 358 g/mol. The zero-order chi connectivity index (χ0) is 20.3. The fourth-order valence-corrected chi connectivity index (χ4v) is 3.05. The molecule has 0 spiro atoms.